The van der Waals surface area contributed by atoms with Gasteiger partial charge >= 0.3 is 0 Å². The molecule has 18 heavy (non-hydrogen) atoms. The molecular weight excluding hydrogens is 230 g/mol. The van der Waals surface area contributed by atoms with Crippen LogP contribution in [-0.4, -0.2) is 18.8 Å². The summed E-state index contributed by atoms with van der Waals surface area (Å²) >= 11 is 0. The quantitative estimate of drug-likeness (QED) is 0.775. The van der Waals surface area contributed by atoms with Crippen LogP contribution in [0.3, 0.4) is 0 Å². The van der Waals surface area contributed by atoms with E-state index in [1.54, 1.807) is 24.9 Å². The molecule has 0 radical (unpaired) electrons. The normalized spacial score (nSPS) is 10.3. The molecule has 0 aliphatic heterocycles. The minimum Gasteiger partial charge on any atom is -0.497 e. The van der Waals surface area contributed by atoms with Crippen molar-refractivity contribution in [1.82, 2.24) is 4.57 Å². The number of benzene rings is 1. The largest absolute Gasteiger partial charge is 0.497 e. The van der Waals surface area contributed by atoms with Gasteiger partial charge < -0.3 is 14.0 Å². The van der Waals surface area contributed by atoms with E-state index in [0.29, 0.717) is 18.0 Å². The molecule has 2 rings (SSSR count). The highest BCUT2D eigenvalue weighted by Crippen LogP contribution is 2.27. The molecule has 1 aromatic carbocycles. The van der Waals surface area contributed by atoms with Crippen LogP contribution < -0.4 is 15.0 Å². The lowest BCUT2D eigenvalue weighted by Gasteiger charge is -2.12. The Labute approximate surface area is 105 Å². The molecule has 0 saturated carbocycles. The van der Waals surface area contributed by atoms with Crippen molar-refractivity contribution in [3.63, 3.8) is 0 Å². The third-order valence-electron chi connectivity index (χ3n) is 2.81. The van der Waals surface area contributed by atoms with Gasteiger partial charge in [-0.25, -0.2) is 0 Å². The Morgan fingerprint density at radius 1 is 1.28 bits per heavy atom. The minimum atomic E-state index is -0.118. The lowest BCUT2D eigenvalue weighted by atomic mass is 10.2. The summed E-state index contributed by atoms with van der Waals surface area (Å²) in [6.07, 6.45) is 1.69. The lowest BCUT2D eigenvalue weighted by molar-refractivity contribution is 0.413. The number of allylic oxidation sites excluding steroid dienone is 1. The summed E-state index contributed by atoms with van der Waals surface area (Å²) in [5.74, 6) is 1.27. The Bertz CT molecular complexity index is 643. The van der Waals surface area contributed by atoms with Crippen LogP contribution in [0.1, 0.15) is 0 Å². The first-order chi connectivity index (χ1) is 8.71. The maximum Gasteiger partial charge on any atom is 0.255 e. The van der Waals surface area contributed by atoms with E-state index in [4.69, 9.17) is 9.47 Å². The molecule has 0 N–H and O–H groups in total. The predicted octanol–water partition coefficient (Wildman–Crippen LogP) is 2.20. The Hall–Kier alpha value is -2.23. The average Bonchev–Trinajstić information content (AvgIpc) is 2.41. The van der Waals surface area contributed by atoms with Crippen molar-refractivity contribution in [2.24, 2.45) is 0 Å². The second kappa shape index (κ2) is 4.96. The van der Waals surface area contributed by atoms with Gasteiger partial charge in [-0.3, -0.25) is 4.79 Å². The molecule has 1 heterocycles. The van der Waals surface area contributed by atoms with Crippen molar-refractivity contribution >= 4 is 10.9 Å². The summed E-state index contributed by atoms with van der Waals surface area (Å²) in [6, 6.07) is 7.03. The van der Waals surface area contributed by atoms with Crippen LogP contribution in [0.25, 0.3) is 10.9 Å². The number of hydrogen-bond acceptors (Lipinski definition) is 3. The Morgan fingerprint density at radius 3 is 2.67 bits per heavy atom. The molecule has 0 saturated heterocycles. The van der Waals surface area contributed by atoms with E-state index in [9.17, 15) is 4.79 Å². The maximum atomic E-state index is 12.0. The summed E-state index contributed by atoms with van der Waals surface area (Å²) in [5.41, 5.74) is 0.658. The van der Waals surface area contributed by atoms with Crippen LogP contribution in [0.5, 0.6) is 11.5 Å². The number of nitrogens with zero attached hydrogens (tertiary/aromatic N) is 1. The molecule has 94 valence electrons. The zero-order valence-electron chi connectivity index (χ0n) is 10.5. The molecule has 2 aromatic rings. The van der Waals surface area contributed by atoms with Crippen LogP contribution >= 0.6 is 0 Å². The van der Waals surface area contributed by atoms with Gasteiger partial charge in [-0.1, -0.05) is 6.08 Å². The molecule has 0 amide bonds. The summed E-state index contributed by atoms with van der Waals surface area (Å²) in [5, 5.41) is 0.875. The molecule has 0 aliphatic carbocycles. The fraction of sp³-hybridized carbons (Fsp3) is 0.214. The SMILES string of the molecule is C=CCn1c(=O)cc(OC)c2ccc(OC)cc21. The van der Waals surface area contributed by atoms with E-state index >= 15 is 0 Å². The summed E-state index contributed by atoms with van der Waals surface area (Å²) in [7, 11) is 3.15. The molecule has 1 aromatic heterocycles. The van der Waals surface area contributed by atoms with Crippen LogP contribution in [0.2, 0.25) is 0 Å². The first kappa shape index (κ1) is 12.2. The second-order valence-electron chi connectivity index (χ2n) is 3.83. The minimum absolute atomic E-state index is 0.118. The summed E-state index contributed by atoms with van der Waals surface area (Å²) < 4.78 is 12.1. The number of methoxy groups -OCH3 is 2. The molecule has 0 unspecified atom stereocenters. The standard InChI is InChI=1S/C14H15NO3/c1-4-7-15-12-8-10(17-2)5-6-11(12)13(18-3)9-14(15)16/h4-6,8-9H,1,7H2,2-3H3. The van der Waals surface area contributed by atoms with E-state index in [2.05, 4.69) is 6.58 Å². The summed E-state index contributed by atoms with van der Waals surface area (Å²) in [4.78, 5) is 12.0. The fourth-order valence-electron chi connectivity index (χ4n) is 1.94. The zero-order valence-corrected chi connectivity index (χ0v) is 10.5. The van der Waals surface area contributed by atoms with E-state index in [0.717, 1.165) is 10.9 Å². The fourth-order valence-corrected chi connectivity index (χ4v) is 1.94. The van der Waals surface area contributed by atoms with E-state index in [1.807, 2.05) is 18.2 Å². The molecule has 4 heteroatoms. The third kappa shape index (κ3) is 1.97. The van der Waals surface area contributed by atoms with Gasteiger partial charge in [0, 0.05) is 24.1 Å². The summed E-state index contributed by atoms with van der Waals surface area (Å²) in [6.45, 7) is 4.12. The molecule has 0 bridgehead atoms. The Morgan fingerprint density at radius 2 is 2.06 bits per heavy atom. The van der Waals surface area contributed by atoms with Crippen LogP contribution in [0.4, 0.5) is 0 Å². The van der Waals surface area contributed by atoms with E-state index in [-0.39, 0.29) is 5.56 Å². The molecular formula is C14H15NO3. The number of aromatic nitrogens is 1. The van der Waals surface area contributed by atoms with Gasteiger partial charge in [0.15, 0.2) is 0 Å². The lowest BCUT2D eigenvalue weighted by Crippen LogP contribution is -2.19. The Balaban J connectivity index is 2.84. The monoisotopic (exact) mass is 245 g/mol. The molecule has 4 nitrogen and oxygen atoms in total. The van der Waals surface area contributed by atoms with Gasteiger partial charge in [0.2, 0.25) is 0 Å². The number of fused-ring (bicyclic) bond motifs is 1. The molecule has 0 spiro atoms. The number of pyridine rings is 1. The van der Waals surface area contributed by atoms with Crippen molar-refractivity contribution in [2.45, 2.75) is 6.54 Å². The number of hydrogen-bond donors (Lipinski definition) is 0. The van der Waals surface area contributed by atoms with Crippen molar-refractivity contribution in [3.05, 3.63) is 47.3 Å². The van der Waals surface area contributed by atoms with Gasteiger partial charge in [-0.2, -0.15) is 0 Å². The molecule has 0 aliphatic rings. The van der Waals surface area contributed by atoms with Gasteiger partial charge in [-0.05, 0) is 12.1 Å². The van der Waals surface area contributed by atoms with Gasteiger partial charge in [0.05, 0.1) is 19.7 Å². The van der Waals surface area contributed by atoms with Crippen LogP contribution in [0.15, 0.2) is 41.7 Å². The van der Waals surface area contributed by atoms with Gasteiger partial charge in [-0.15, -0.1) is 6.58 Å². The number of rotatable bonds is 4. The first-order valence-corrected chi connectivity index (χ1v) is 5.57. The van der Waals surface area contributed by atoms with Crippen LogP contribution in [-0.2, 0) is 6.54 Å². The topological polar surface area (TPSA) is 40.5 Å². The smallest absolute Gasteiger partial charge is 0.255 e. The average molecular weight is 245 g/mol. The van der Waals surface area contributed by atoms with Gasteiger partial charge in [0.25, 0.3) is 5.56 Å². The highest BCUT2D eigenvalue weighted by Gasteiger charge is 2.09. The third-order valence-corrected chi connectivity index (χ3v) is 2.81. The second-order valence-corrected chi connectivity index (χ2v) is 3.83. The highest BCUT2D eigenvalue weighted by atomic mass is 16.5. The molecule has 0 atom stereocenters. The van der Waals surface area contributed by atoms with Crippen molar-refractivity contribution in [1.29, 1.82) is 0 Å². The first-order valence-electron chi connectivity index (χ1n) is 5.57. The van der Waals surface area contributed by atoms with Crippen LogP contribution in [0, 0.1) is 0 Å². The van der Waals surface area contributed by atoms with Gasteiger partial charge in [0.1, 0.15) is 11.5 Å². The van der Waals surface area contributed by atoms with E-state index in [1.165, 1.54) is 6.07 Å². The van der Waals surface area contributed by atoms with E-state index < -0.39 is 0 Å². The Kier molecular flexibility index (Phi) is 3.37. The maximum absolute atomic E-state index is 12.0. The van der Waals surface area contributed by atoms with Crippen molar-refractivity contribution in [2.75, 3.05) is 14.2 Å². The van der Waals surface area contributed by atoms with Crippen molar-refractivity contribution in [3.8, 4) is 11.5 Å². The predicted molar refractivity (Wildman–Crippen MR) is 71.5 cm³/mol. The number of ether oxygens (including phenoxy) is 2. The highest BCUT2D eigenvalue weighted by molar-refractivity contribution is 5.86. The van der Waals surface area contributed by atoms with Crippen molar-refractivity contribution < 1.29 is 9.47 Å². The zero-order chi connectivity index (χ0) is 13.1. The molecule has 0 fully saturated rings.